The average Bonchev–Trinajstić information content (AvgIpc) is 2.07. The van der Waals surface area contributed by atoms with Crippen LogP contribution in [0.25, 0.3) is 6.08 Å². The van der Waals surface area contributed by atoms with E-state index in [0.29, 0.717) is 0 Å². The molecule has 0 bridgehead atoms. The van der Waals surface area contributed by atoms with Crippen molar-refractivity contribution in [3.63, 3.8) is 0 Å². The molecule has 1 radical (unpaired) electrons. The monoisotopic (exact) mass is 209 g/mol. The van der Waals surface area contributed by atoms with Crippen LogP contribution in [0.4, 0.5) is 0 Å². The van der Waals surface area contributed by atoms with Crippen LogP contribution in [0.5, 0.6) is 0 Å². The van der Waals surface area contributed by atoms with Crippen molar-refractivity contribution in [2.45, 2.75) is 20.0 Å². The van der Waals surface area contributed by atoms with Gasteiger partial charge in [-0.15, -0.1) is 0 Å². The summed E-state index contributed by atoms with van der Waals surface area (Å²) in [6.07, 6.45) is 1.91. The van der Waals surface area contributed by atoms with Crippen molar-refractivity contribution in [3.8, 4) is 0 Å². The van der Waals surface area contributed by atoms with Crippen LogP contribution in [0, 0.1) is 6.92 Å². The van der Waals surface area contributed by atoms with Crippen molar-refractivity contribution in [2.24, 2.45) is 0 Å². The molecule has 0 saturated carbocycles. The minimum absolute atomic E-state index is 0.509. The van der Waals surface area contributed by atoms with E-state index in [4.69, 9.17) is 11.6 Å². The van der Waals surface area contributed by atoms with Crippen LogP contribution in [-0.2, 0) is 0 Å². The largest absolute Gasteiger partial charge is 0.0985 e. The molecule has 1 aromatic rings. The summed E-state index contributed by atoms with van der Waals surface area (Å²) in [7, 11) is -0.509. The Balaban J connectivity index is 3.43. The summed E-state index contributed by atoms with van der Waals surface area (Å²) in [5.41, 5.74) is 2.49. The first-order chi connectivity index (χ1) is 6.07. The fourth-order valence-corrected chi connectivity index (χ4v) is 3.60. The maximum atomic E-state index is 6.15. The first-order valence-electron chi connectivity index (χ1n) is 4.30. The van der Waals surface area contributed by atoms with Gasteiger partial charge in [0.05, 0.1) is 8.80 Å². The summed E-state index contributed by atoms with van der Waals surface area (Å²) in [6, 6.07) is 4.03. The van der Waals surface area contributed by atoms with Gasteiger partial charge in [0.1, 0.15) is 0 Å². The number of aryl methyl sites for hydroxylation is 1. The predicted molar refractivity (Wildman–Crippen MR) is 63.4 cm³/mol. The van der Waals surface area contributed by atoms with Crippen molar-refractivity contribution in [2.75, 3.05) is 0 Å². The van der Waals surface area contributed by atoms with Gasteiger partial charge in [0.2, 0.25) is 0 Å². The molecule has 0 aliphatic rings. The molecule has 0 aromatic heterocycles. The minimum Gasteiger partial charge on any atom is -0.0985 e. The van der Waals surface area contributed by atoms with Crippen molar-refractivity contribution >= 4 is 31.7 Å². The normalized spacial score (nSPS) is 10.5. The average molecular weight is 210 g/mol. The summed E-state index contributed by atoms with van der Waals surface area (Å²) >= 11 is 6.15. The molecule has 0 saturated heterocycles. The molecule has 0 spiro atoms. The van der Waals surface area contributed by atoms with E-state index in [1.807, 2.05) is 18.2 Å². The van der Waals surface area contributed by atoms with Gasteiger partial charge in [-0.1, -0.05) is 43.4 Å². The highest BCUT2D eigenvalue weighted by Crippen LogP contribution is 2.15. The van der Waals surface area contributed by atoms with Gasteiger partial charge in [-0.05, 0) is 29.3 Å². The van der Waals surface area contributed by atoms with E-state index in [1.165, 1.54) is 16.3 Å². The molecule has 0 atom stereocenters. The lowest BCUT2D eigenvalue weighted by atomic mass is 10.1. The molecule has 0 amide bonds. The van der Waals surface area contributed by atoms with E-state index in [0.717, 1.165) is 5.02 Å². The summed E-state index contributed by atoms with van der Waals surface area (Å²) in [4.78, 5) is 0. The third kappa shape index (κ3) is 2.04. The first kappa shape index (κ1) is 10.5. The lowest BCUT2D eigenvalue weighted by molar-refractivity contribution is 1.46. The molecule has 0 N–H and O–H groups in total. The van der Waals surface area contributed by atoms with Crippen LogP contribution in [0.2, 0.25) is 18.1 Å². The second-order valence-electron chi connectivity index (χ2n) is 3.36. The highest BCUT2D eigenvalue weighted by Gasteiger charge is 2.11. The van der Waals surface area contributed by atoms with Gasteiger partial charge in [0, 0.05) is 5.02 Å². The summed E-state index contributed by atoms with van der Waals surface area (Å²) in [5.74, 6) is 0. The number of benzene rings is 1. The standard InChI is InChI=1S/C11H14ClSi/c1-5-9-8(2)6-7-10(12)11(9)13(3)4/h5-7H,1H2,2-4H3. The Kier molecular flexibility index (Phi) is 3.34. The maximum absolute atomic E-state index is 6.15. The number of halogens is 1. The molecule has 13 heavy (non-hydrogen) atoms. The minimum atomic E-state index is -0.509. The first-order valence-corrected chi connectivity index (χ1v) is 7.17. The summed E-state index contributed by atoms with van der Waals surface area (Å²) in [5, 5.41) is 2.20. The third-order valence-electron chi connectivity index (χ3n) is 2.12. The summed E-state index contributed by atoms with van der Waals surface area (Å²) in [6.45, 7) is 10.4. The highest BCUT2D eigenvalue weighted by atomic mass is 35.5. The number of hydrogen-bond acceptors (Lipinski definition) is 0. The molecular formula is C11H14ClSi. The topological polar surface area (TPSA) is 0 Å². The van der Waals surface area contributed by atoms with Crippen molar-refractivity contribution in [1.82, 2.24) is 0 Å². The van der Waals surface area contributed by atoms with E-state index >= 15 is 0 Å². The van der Waals surface area contributed by atoms with Gasteiger partial charge in [-0.3, -0.25) is 0 Å². The lowest BCUT2D eigenvalue weighted by Crippen LogP contribution is -2.27. The fraction of sp³-hybridized carbons (Fsp3) is 0.273. The van der Waals surface area contributed by atoms with E-state index in [1.54, 1.807) is 0 Å². The van der Waals surface area contributed by atoms with E-state index in [2.05, 4.69) is 26.6 Å². The van der Waals surface area contributed by atoms with Crippen LogP contribution in [0.1, 0.15) is 11.1 Å². The van der Waals surface area contributed by atoms with E-state index < -0.39 is 8.80 Å². The van der Waals surface area contributed by atoms with Gasteiger partial charge in [0.15, 0.2) is 0 Å². The van der Waals surface area contributed by atoms with Crippen LogP contribution in [0.15, 0.2) is 18.7 Å². The SMILES string of the molecule is C=Cc1c(C)ccc(Cl)c1[Si](C)C. The Morgan fingerprint density at radius 1 is 1.38 bits per heavy atom. The molecule has 0 nitrogen and oxygen atoms in total. The van der Waals surface area contributed by atoms with Gasteiger partial charge >= 0.3 is 0 Å². The number of rotatable bonds is 2. The summed E-state index contributed by atoms with van der Waals surface area (Å²) < 4.78 is 0. The Labute approximate surface area is 86.8 Å². The Morgan fingerprint density at radius 3 is 2.38 bits per heavy atom. The van der Waals surface area contributed by atoms with Gasteiger partial charge < -0.3 is 0 Å². The zero-order valence-electron chi connectivity index (χ0n) is 8.32. The second kappa shape index (κ2) is 4.12. The van der Waals surface area contributed by atoms with Crippen molar-refractivity contribution < 1.29 is 0 Å². The van der Waals surface area contributed by atoms with Crippen LogP contribution >= 0.6 is 11.6 Å². The smallest absolute Gasteiger partial charge is 0.0819 e. The second-order valence-corrected chi connectivity index (χ2v) is 6.26. The zero-order chi connectivity index (χ0) is 10.0. The molecule has 0 unspecified atom stereocenters. The van der Waals surface area contributed by atoms with Gasteiger partial charge in [0.25, 0.3) is 0 Å². The highest BCUT2D eigenvalue weighted by molar-refractivity contribution is 6.74. The molecule has 2 heteroatoms. The van der Waals surface area contributed by atoms with Crippen molar-refractivity contribution in [1.29, 1.82) is 0 Å². The van der Waals surface area contributed by atoms with Crippen LogP contribution in [0.3, 0.4) is 0 Å². The molecule has 0 heterocycles. The zero-order valence-corrected chi connectivity index (χ0v) is 10.1. The maximum Gasteiger partial charge on any atom is 0.0819 e. The molecule has 69 valence electrons. The molecular weight excluding hydrogens is 196 g/mol. The van der Waals surface area contributed by atoms with Gasteiger partial charge in [-0.25, -0.2) is 0 Å². The Hall–Kier alpha value is -0.533. The van der Waals surface area contributed by atoms with E-state index in [-0.39, 0.29) is 0 Å². The Morgan fingerprint density at radius 2 is 2.00 bits per heavy atom. The lowest BCUT2D eigenvalue weighted by Gasteiger charge is -2.13. The number of hydrogen-bond donors (Lipinski definition) is 0. The van der Waals surface area contributed by atoms with E-state index in [9.17, 15) is 0 Å². The molecule has 1 aromatic carbocycles. The van der Waals surface area contributed by atoms with Crippen molar-refractivity contribution in [3.05, 3.63) is 34.9 Å². The molecule has 0 fully saturated rings. The predicted octanol–water partition coefficient (Wildman–Crippen LogP) is 3.25. The molecule has 1 rings (SSSR count). The quantitative estimate of drug-likeness (QED) is 0.656. The van der Waals surface area contributed by atoms with Crippen LogP contribution < -0.4 is 5.19 Å². The molecule has 0 aliphatic carbocycles. The van der Waals surface area contributed by atoms with Gasteiger partial charge in [-0.2, -0.15) is 0 Å². The van der Waals surface area contributed by atoms with Crippen LogP contribution in [-0.4, -0.2) is 8.80 Å². The fourth-order valence-electron chi connectivity index (χ4n) is 1.47. The molecule has 0 aliphatic heterocycles. The third-order valence-corrected chi connectivity index (χ3v) is 4.13. The Bertz CT molecular complexity index is 329.